The minimum absolute atomic E-state index is 0.0291. The molecule has 8 nitrogen and oxygen atoms in total. The Bertz CT molecular complexity index is 811. The number of carboxylic acid groups (broad SMARTS) is 1. The maximum absolute atomic E-state index is 13.5. The van der Waals surface area contributed by atoms with E-state index in [2.05, 4.69) is 0 Å². The van der Waals surface area contributed by atoms with E-state index in [4.69, 9.17) is 9.84 Å². The Labute approximate surface area is 151 Å². The Kier molecular flexibility index (Phi) is 5.57. The summed E-state index contributed by atoms with van der Waals surface area (Å²) in [6.45, 7) is 5.55. The molecule has 144 valence electrons. The third kappa shape index (κ3) is 4.50. The summed E-state index contributed by atoms with van der Waals surface area (Å²) in [5, 5.41) is 8.95. The molecule has 0 atom stereocenters. The van der Waals surface area contributed by atoms with Crippen molar-refractivity contribution in [2.45, 2.75) is 31.3 Å². The number of carbonyl (C=O) groups excluding carboxylic acids is 1. The van der Waals surface area contributed by atoms with Crippen LogP contribution in [0.4, 0.5) is 9.18 Å². The smallest absolute Gasteiger partial charge is 0.410 e. The molecule has 1 aliphatic rings. The third-order valence-corrected chi connectivity index (χ3v) is 5.59. The molecule has 0 bridgehead atoms. The van der Waals surface area contributed by atoms with Crippen molar-refractivity contribution < 1.29 is 32.2 Å². The lowest BCUT2D eigenvalue weighted by molar-refractivity contribution is 0.0192. The summed E-state index contributed by atoms with van der Waals surface area (Å²) in [6, 6.07) is 2.64. The van der Waals surface area contributed by atoms with Crippen LogP contribution in [0.25, 0.3) is 0 Å². The molecule has 1 amide bonds. The van der Waals surface area contributed by atoms with Crippen molar-refractivity contribution in [3.8, 4) is 0 Å². The molecule has 1 heterocycles. The van der Waals surface area contributed by atoms with Gasteiger partial charge in [-0.25, -0.2) is 22.4 Å². The van der Waals surface area contributed by atoms with Crippen LogP contribution in [-0.2, 0) is 14.8 Å². The minimum atomic E-state index is -3.99. The van der Waals surface area contributed by atoms with Crippen LogP contribution < -0.4 is 0 Å². The summed E-state index contributed by atoms with van der Waals surface area (Å²) >= 11 is 0. The molecule has 1 fully saturated rings. The first kappa shape index (κ1) is 20.1. The van der Waals surface area contributed by atoms with Gasteiger partial charge in [0.2, 0.25) is 10.0 Å². The average Bonchev–Trinajstić information content (AvgIpc) is 2.53. The van der Waals surface area contributed by atoms with Crippen molar-refractivity contribution in [3.05, 3.63) is 29.6 Å². The predicted octanol–water partition coefficient (Wildman–Crippen LogP) is 1.77. The van der Waals surface area contributed by atoms with Crippen molar-refractivity contribution in [1.82, 2.24) is 9.21 Å². The molecule has 1 N–H and O–H groups in total. The van der Waals surface area contributed by atoms with Gasteiger partial charge in [0.25, 0.3) is 0 Å². The van der Waals surface area contributed by atoms with E-state index in [9.17, 15) is 22.4 Å². The van der Waals surface area contributed by atoms with Crippen LogP contribution >= 0.6 is 0 Å². The Morgan fingerprint density at radius 1 is 1.15 bits per heavy atom. The van der Waals surface area contributed by atoms with Gasteiger partial charge in [0.1, 0.15) is 11.4 Å². The van der Waals surface area contributed by atoms with Gasteiger partial charge in [-0.05, 0) is 39.0 Å². The van der Waals surface area contributed by atoms with Crippen molar-refractivity contribution >= 4 is 22.1 Å². The van der Waals surface area contributed by atoms with E-state index in [-0.39, 0.29) is 31.1 Å². The van der Waals surface area contributed by atoms with E-state index < -0.39 is 39.1 Å². The monoisotopic (exact) mass is 388 g/mol. The second kappa shape index (κ2) is 7.20. The zero-order valence-corrected chi connectivity index (χ0v) is 15.5. The zero-order valence-electron chi connectivity index (χ0n) is 14.7. The Morgan fingerprint density at radius 2 is 1.73 bits per heavy atom. The molecular weight excluding hydrogens is 367 g/mol. The number of carbonyl (C=O) groups is 2. The van der Waals surface area contributed by atoms with Gasteiger partial charge in [-0.15, -0.1) is 0 Å². The molecule has 0 unspecified atom stereocenters. The number of nitrogens with zero attached hydrogens (tertiary/aromatic N) is 2. The number of sulfonamides is 1. The Hall–Kier alpha value is -2.20. The van der Waals surface area contributed by atoms with Crippen molar-refractivity contribution in [2.75, 3.05) is 26.2 Å². The highest BCUT2D eigenvalue weighted by molar-refractivity contribution is 7.89. The minimum Gasteiger partial charge on any atom is -0.478 e. The van der Waals surface area contributed by atoms with E-state index in [0.717, 1.165) is 22.5 Å². The van der Waals surface area contributed by atoms with Crippen LogP contribution in [0.3, 0.4) is 0 Å². The zero-order chi connectivity index (χ0) is 19.7. The number of ether oxygens (including phenoxy) is 1. The molecular formula is C16H21FN2O6S. The number of benzene rings is 1. The maximum atomic E-state index is 13.5. The van der Waals surface area contributed by atoms with Crippen molar-refractivity contribution in [1.29, 1.82) is 0 Å². The summed E-state index contributed by atoms with van der Waals surface area (Å²) in [5.74, 6) is -2.56. The standard InChI is InChI=1S/C16H21FN2O6S/c1-16(2,3)25-15(22)18-6-8-19(9-7-18)26(23,24)11-4-5-13(17)12(10-11)14(20)21/h4-5,10H,6-9H2,1-3H3,(H,20,21). The third-order valence-electron chi connectivity index (χ3n) is 3.70. The van der Waals surface area contributed by atoms with Crippen LogP contribution in [0.15, 0.2) is 23.1 Å². The second-order valence-corrected chi connectivity index (χ2v) is 8.76. The Balaban J connectivity index is 2.12. The van der Waals surface area contributed by atoms with Gasteiger partial charge in [0.15, 0.2) is 0 Å². The number of piperazine rings is 1. The molecule has 0 aromatic heterocycles. The second-order valence-electron chi connectivity index (χ2n) is 6.82. The average molecular weight is 388 g/mol. The molecule has 1 aromatic carbocycles. The molecule has 1 aliphatic heterocycles. The molecule has 0 aliphatic carbocycles. The van der Waals surface area contributed by atoms with Crippen LogP contribution in [-0.4, -0.2) is 66.6 Å². The summed E-state index contributed by atoms with van der Waals surface area (Å²) in [6.07, 6.45) is -0.524. The number of hydrogen-bond acceptors (Lipinski definition) is 5. The van der Waals surface area contributed by atoms with Crippen molar-refractivity contribution in [2.24, 2.45) is 0 Å². The van der Waals surface area contributed by atoms with Crippen LogP contribution in [0, 0.1) is 5.82 Å². The lowest BCUT2D eigenvalue weighted by atomic mass is 10.2. The molecule has 10 heteroatoms. The van der Waals surface area contributed by atoms with Crippen LogP contribution in [0.5, 0.6) is 0 Å². The van der Waals surface area contributed by atoms with Gasteiger partial charge in [-0.3, -0.25) is 0 Å². The fourth-order valence-electron chi connectivity index (χ4n) is 2.42. The largest absolute Gasteiger partial charge is 0.478 e. The highest BCUT2D eigenvalue weighted by atomic mass is 32.2. The van der Waals surface area contributed by atoms with Gasteiger partial charge in [-0.2, -0.15) is 4.31 Å². The fourth-order valence-corrected chi connectivity index (χ4v) is 3.86. The fraction of sp³-hybridized carbons (Fsp3) is 0.500. The first-order valence-corrected chi connectivity index (χ1v) is 9.37. The first-order chi connectivity index (χ1) is 11.9. The number of amides is 1. The topological polar surface area (TPSA) is 104 Å². The van der Waals surface area contributed by atoms with E-state index in [0.29, 0.717) is 0 Å². The predicted molar refractivity (Wildman–Crippen MR) is 89.9 cm³/mol. The highest BCUT2D eigenvalue weighted by Crippen LogP contribution is 2.21. The van der Waals surface area contributed by atoms with Crippen LogP contribution in [0.2, 0.25) is 0 Å². The van der Waals surface area contributed by atoms with Gasteiger partial charge < -0.3 is 14.7 Å². The lowest BCUT2D eigenvalue weighted by Gasteiger charge is -2.35. The number of hydrogen-bond donors (Lipinski definition) is 1. The van der Waals surface area contributed by atoms with Crippen molar-refractivity contribution in [3.63, 3.8) is 0 Å². The highest BCUT2D eigenvalue weighted by Gasteiger charge is 2.32. The maximum Gasteiger partial charge on any atom is 0.410 e. The van der Waals surface area contributed by atoms with E-state index in [1.165, 1.54) is 4.90 Å². The lowest BCUT2D eigenvalue weighted by Crippen LogP contribution is -2.51. The SMILES string of the molecule is CC(C)(C)OC(=O)N1CCN(S(=O)(=O)c2ccc(F)c(C(=O)O)c2)CC1. The summed E-state index contributed by atoms with van der Waals surface area (Å²) in [7, 11) is -3.99. The number of aromatic carboxylic acids is 1. The summed E-state index contributed by atoms with van der Waals surface area (Å²) in [5.41, 5.74) is -1.36. The van der Waals surface area contributed by atoms with Gasteiger partial charge in [0, 0.05) is 26.2 Å². The Morgan fingerprint density at radius 3 is 2.23 bits per heavy atom. The van der Waals surface area contributed by atoms with E-state index in [1.54, 1.807) is 20.8 Å². The molecule has 1 saturated heterocycles. The molecule has 2 rings (SSSR count). The molecule has 0 saturated carbocycles. The van der Waals surface area contributed by atoms with Gasteiger partial charge in [0.05, 0.1) is 10.5 Å². The molecule has 26 heavy (non-hydrogen) atoms. The number of carboxylic acids is 1. The normalized spacial score (nSPS) is 16.4. The van der Waals surface area contributed by atoms with Gasteiger partial charge >= 0.3 is 12.1 Å². The number of rotatable bonds is 3. The molecule has 0 radical (unpaired) electrons. The van der Waals surface area contributed by atoms with E-state index >= 15 is 0 Å². The first-order valence-electron chi connectivity index (χ1n) is 7.93. The summed E-state index contributed by atoms with van der Waals surface area (Å²) < 4.78 is 45.2. The molecule has 1 aromatic rings. The number of halogens is 1. The van der Waals surface area contributed by atoms with Gasteiger partial charge in [-0.1, -0.05) is 0 Å². The van der Waals surface area contributed by atoms with Crippen LogP contribution in [0.1, 0.15) is 31.1 Å². The molecule has 0 spiro atoms. The quantitative estimate of drug-likeness (QED) is 0.846. The summed E-state index contributed by atoms with van der Waals surface area (Å²) in [4.78, 5) is 24.1. The van der Waals surface area contributed by atoms with E-state index in [1.807, 2.05) is 0 Å².